The van der Waals surface area contributed by atoms with Crippen LogP contribution in [0.15, 0.2) is 23.7 Å². The van der Waals surface area contributed by atoms with E-state index in [0.29, 0.717) is 17.9 Å². The quantitative estimate of drug-likeness (QED) is 0.860. The third-order valence-electron chi connectivity index (χ3n) is 2.50. The molecule has 0 bridgehead atoms. The first kappa shape index (κ1) is 11.7. The first-order valence-electron chi connectivity index (χ1n) is 5.25. The third-order valence-corrected chi connectivity index (χ3v) is 3.44. The molecule has 0 spiro atoms. The maximum atomic E-state index is 12.0. The second-order valence-electron chi connectivity index (χ2n) is 3.76. The number of aromatic nitrogens is 2. The van der Waals surface area contributed by atoms with Crippen LogP contribution in [0.1, 0.15) is 15.4 Å². The minimum Gasteiger partial charge on any atom is -0.396 e. The predicted octanol–water partition coefficient (Wildman–Crippen LogP) is 1.37. The number of hydrogen-bond donors (Lipinski definition) is 2. The molecular weight excluding hydrogens is 236 g/mol. The van der Waals surface area contributed by atoms with Gasteiger partial charge >= 0.3 is 0 Å². The topological polar surface area (TPSA) is 75.0 Å². The zero-order chi connectivity index (χ0) is 12.3. The van der Waals surface area contributed by atoms with E-state index in [1.165, 1.54) is 11.1 Å². The molecule has 2 aromatic rings. The van der Waals surface area contributed by atoms with Gasteiger partial charge in [-0.2, -0.15) is 5.10 Å². The molecule has 0 aliphatic rings. The number of rotatable bonds is 4. The first-order valence-corrected chi connectivity index (χ1v) is 6.13. The van der Waals surface area contributed by atoms with E-state index in [9.17, 15) is 4.79 Å². The molecule has 0 aliphatic heterocycles. The Kier molecular flexibility index (Phi) is 3.43. The van der Waals surface area contributed by atoms with Gasteiger partial charge in [-0.1, -0.05) is 6.07 Å². The summed E-state index contributed by atoms with van der Waals surface area (Å²) < 4.78 is 0. The van der Waals surface area contributed by atoms with Gasteiger partial charge in [-0.05, 0) is 17.9 Å². The Bertz CT molecular complexity index is 491. The van der Waals surface area contributed by atoms with Gasteiger partial charge in [0.25, 0.3) is 5.91 Å². The summed E-state index contributed by atoms with van der Waals surface area (Å²) in [6.07, 6.45) is 2.30. The Morgan fingerprint density at radius 2 is 2.47 bits per heavy atom. The number of thiophene rings is 1. The number of aromatic amines is 1. The van der Waals surface area contributed by atoms with Crippen LogP contribution >= 0.6 is 11.3 Å². The molecule has 0 atom stereocenters. The number of carbonyl (C=O) groups is 1. The lowest BCUT2D eigenvalue weighted by atomic mass is 10.3. The molecule has 17 heavy (non-hydrogen) atoms. The number of carbonyl (C=O) groups excluding carboxylic acids is 1. The summed E-state index contributed by atoms with van der Waals surface area (Å²) in [5.41, 5.74) is 6.38. The van der Waals surface area contributed by atoms with Gasteiger partial charge in [0.2, 0.25) is 0 Å². The van der Waals surface area contributed by atoms with Crippen LogP contribution in [0.25, 0.3) is 0 Å². The molecule has 0 fully saturated rings. The molecule has 0 saturated carbocycles. The van der Waals surface area contributed by atoms with Crippen LogP contribution in [-0.4, -0.2) is 34.6 Å². The number of nitrogens with zero attached hydrogens (tertiary/aromatic N) is 2. The van der Waals surface area contributed by atoms with Crippen molar-refractivity contribution in [3.63, 3.8) is 0 Å². The summed E-state index contributed by atoms with van der Waals surface area (Å²) in [5, 5.41) is 8.39. The lowest BCUT2D eigenvalue weighted by Crippen LogP contribution is -2.29. The zero-order valence-electron chi connectivity index (χ0n) is 9.51. The predicted molar refractivity (Wildman–Crippen MR) is 68.0 cm³/mol. The molecule has 0 unspecified atom stereocenters. The smallest absolute Gasteiger partial charge is 0.273 e. The summed E-state index contributed by atoms with van der Waals surface area (Å²) >= 11 is 1.69. The summed E-state index contributed by atoms with van der Waals surface area (Å²) in [6.45, 7) is 0.664. The average Bonchev–Trinajstić information content (AvgIpc) is 2.95. The van der Waals surface area contributed by atoms with Gasteiger partial charge in [0.1, 0.15) is 5.69 Å². The Hall–Kier alpha value is -1.82. The van der Waals surface area contributed by atoms with Crippen molar-refractivity contribution in [2.24, 2.45) is 0 Å². The van der Waals surface area contributed by atoms with Gasteiger partial charge in [0.15, 0.2) is 0 Å². The van der Waals surface area contributed by atoms with Crippen molar-refractivity contribution in [1.29, 1.82) is 0 Å². The van der Waals surface area contributed by atoms with Crippen LogP contribution in [0.3, 0.4) is 0 Å². The van der Waals surface area contributed by atoms with Crippen LogP contribution in [0.2, 0.25) is 0 Å². The molecule has 1 amide bonds. The minimum absolute atomic E-state index is 0.128. The fourth-order valence-corrected chi connectivity index (χ4v) is 2.19. The van der Waals surface area contributed by atoms with E-state index < -0.39 is 0 Å². The number of H-pyrrole nitrogens is 1. The summed E-state index contributed by atoms with van der Waals surface area (Å²) in [5.74, 6) is -0.128. The van der Waals surface area contributed by atoms with E-state index in [1.54, 1.807) is 23.3 Å². The van der Waals surface area contributed by atoms with Crippen LogP contribution in [0, 0.1) is 0 Å². The van der Waals surface area contributed by atoms with E-state index in [4.69, 9.17) is 5.73 Å². The Balaban J connectivity index is 1.94. The van der Waals surface area contributed by atoms with Crippen molar-refractivity contribution in [2.45, 2.75) is 6.42 Å². The number of nitrogens with two attached hydrogens (primary N) is 1. The van der Waals surface area contributed by atoms with Crippen LogP contribution in [-0.2, 0) is 6.42 Å². The normalized spacial score (nSPS) is 10.4. The van der Waals surface area contributed by atoms with Gasteiger partial charge in [0, 0.05) is 18.5 Å². The van der Waals surface area contributed by atoms with Gasteiger partial charge in [0.05, 0.1) is 11.9 Å². The summed E-state index contributed by atoms with van der Waals surface area (Å²) in [6, 6.07) is 4.07. The summed E-state index contributed by atoms with van der Waals surface area (Å²) in [7, 11) is 1.76. The van der Waals surface area contributed by atoms with Crippen molar-refractivity contribution in [3.05, 3.63) is 34.3 Å². The molecule has 2 aromatic heterocycles. The first-order chi connectivity index (χ1) is 8.18. The van der Waals surface area contributed by atoms with Crippen LogP contribution in [0.5, 0.6) is 0 Å². The van der Waals surface area contributed by atoms with Crippen molar-refractivity contribution in [2.75, 3.05) is 19.3 Å². The highest BCUT2D eigenvalue weighted by atomic mass is 32.1. The van der Waals surface area contributed by atoms with Gasteiger partial charge in [-0.3, -0.25) is 9.89 Å². The number of anilines is 1. The number of nitrogen functional groups attached to an aromatic ring is 1. The Labute approximate surface area is 103 Å². The van der Waals surface area contributed by atoms with E-state index in [2.05, 4.69) is 16.3 Å². The van der Waals surface area contributed by atoms with E-state index in [1.807, 2.05) is 11.4 Å². The number of nitrogens with one attached hydrogen (secondary N) is 1. The molecular formula is C11H14N4OS. The van der Waals surface area contributed by atoms with E-state index >= 15 is 0 Å². The van der Waals surface area contributed by atoms with Crippen molar-refractivity contribution in [1.82, 2.24) is 15.1 Å². The molecule has 2 rings (SSSR count). The lowest BCUT2D eigenvalue weighted by Gasteiger charge is -2.15. The van der Waals surface area contributed by atoms with E-state index in [-0.39, 0.29) is 5.91 Å². The molecule has 0 radical (unpaired) electrons. The van der Waals surface area contributed by atoms with E-state index in [0.717, 1.165) is 6.42 Å². The monoisotopic (exact) mass is 250 g/mol. The molecule has 2 heterocycles. The third kappa shape index (κ3) is 2.65. The highest BCUT2D eigenvalue weighted by molar-refractivity contribution is 7.09. The lowest BCUT2D eigenvalue weighted by molar-refractivity contribution is 0.0792. The number of likely N-dealkylation sites (N-methyl/N-ethyl adjacent to an activating group) is 1. The maximum Gasteiger partial charge on any atom is 0.273 e. The second-order valence-corrected chi connectivity index (χ2v) is 4.79. The summed E-state index contributed by atoms with van der Waals surface area (Å²) in [4.78, 5) is 14.9. The molecule has 5 nitrogen and oxygen atoms in total. The van der Waals surface area contributed by atoms with Crippen molar-refractivity contribution >= 4 is 22.9 Å². The molecule has 0 aromatic carbocycles. The molecule has 6 heteroatoms. The number of amides is 1. The van der Waals surface area contributed by atoms with Crippen LogP contribution < -0.4 is 5.73 Å². The minimum atomic E-state index is -0.128. The highest BCUT2D eigenvalue weighted by Crippen LogP contribution is 2.12. The largest absolute Gasteiger partial charge is 0.396 e. The fourth-order valence-electron chi connectivity index (χ4n) is 1.49. The molecule has 0 aliphatic carbocycles. The van der Waals surface area contributed by atoms with Gasteiger partial charge in [-0.25, -0.2) is 0 Å². The second kappa shape index (κ2) is 5.01. The van der Waals surface area contributed by atoms with Crippen molar-refractivity contribution < 1.29 is 4.79 Å². The average molecular weight is 250 g/mol. The van der Waals surface area contributed by atoms with Gasteiger partial charge in [-0.15, -0.1) is 11.3 Å². The van der Waals surface area contributed by atoms with Crippen molar-refractivity contribution in [3.8, 4) is 0 Å². The standard InChI is InChI=1S/C11H14N4OS/c1-15(5-4-8-3-2-6-17-8)11(16)10-9(12)7-13-14-10/h2-3,6-7H,4-5,12H2,1H3,(H,13,14). The SMILES string of the molecule is CN(CCc1cccs1)C(=O)c1[nH]ncc1N. The van der Waals surface area contributed by atoms with Crippen LogP contribution in [0.4, 0.5) is 5.69 Å². The molecule has 3 N–H and O–H groups in total. The maximum absolute atomic E-state index is 12.0. The fraction of sp³-hybridized carbons (Fsp3) is 0.273. The van der Waals surface area contributed by atoms with Gasteiger partial charge < -0.3 is 10.6 Å². The Morgan fingerprint density at radius 1 is 1.65 bits per heavy atom. The molecule has 0 saturated heterocycles. The Morgan fingerprint density at radius 3 is 3.06 bits per heavy atom. The molecule has 90 valence electrons. The number of hydrogen-bond acceptors (Lipinski definition) is 4. The zero-order valence-corrected chi connectivity index (χ0v) is 10.3. The highest BCUT2D eigenvalue weighted by Gasteiger charge is 2.16.